The van der Waals surface area contributed by atoms with E-state index in [-0.39, 0.29) is 12.7 Å². The quantitative estimate of drug-likeness (QED) is 0.917. The summed E-state index contributed by atoms with van der Waals surface area (Å²) in [5, 5.41) is 10.2. The number of hydrogen-bond acceptors (Lipinski definition) is 6. The highest BCUT2D eigenvalue weighted by molar-refractivity contribution is 5.83. The zero-order valence-electron chi connectivity index (χ0n) is 14.4. The van der Waals surface area contributed by atoms with Crippen LogP contribution in [0, 0.1) is 0 Å². The first-order valence-corrected chi connectivity index (χ1v) is 9.16. The Kier molecular flexibility index (Phi) is 5.10. The summed E-state index contributed by atoms with van der Waals surface area (Å²) in [6.07, 6.45) is 6.18. The lowest BCUT2D eigenvalue weighted by Gasteiger charge is -2.38. The second-order valence-electron chi connectivity index (χ2n) is 6.89. The SMILES string of the molecule is OCc1ccc2ncnc(O[C@H]3CC[C@H](N4CCOCC4)CC3)c2c1. The van der Waals surface area contributed by atoms with Crippen molar-refractivity contribution in [3.63, 3.8) is 0 Å². The van der Waals surface area contributed by atoms with Crippen LogP contribution in [0.15, 0.2) is 24.5 Å². The van der Waals surface area contributed by atoms with E-state index < -0.39 is 0 Å². The number of nitrogens with zero attached hydrogens (tertiary/aromatic N) is 3. The summed E-state index contributed by atoms with van der Waals surface area (Å²) < 4.78 is 11.7. The third kappa shape index (κ3) is 3.76. The van der Waals surface area contributed by atoms with E-state index in [4.69, 9.17) is 9.47 Å². The summed E-state index contributed by atoms with van der Waals surface area (Å²) in [6.45, 7) is 3.83. The summed E-state index contributed by atoms with van der Waals surface area (Å²) >= 11 is 0. The van der Waals surface area contributed by atoms with E-state index in [1.807, 2.05) is 18.2 Å². The molecule has 1 aliphatic carbocycles. The number of aliphatic hydroxyl groups is 1. The van der Waals surface area contributed by atoms with Gasteiger partial charge in [0.1, 0.15) is 12.4 Å². The number of rotatable bonds is 4. The largest absolute Gasteiger partial charge is 0.474 e. The fraction of sp³-hybridized carbons (Fsp3) is 0.579. The molecule has 0 spiro atoms. The molecule has 0 unspecified atom stereocenters. The Balaban J connectivity index is 1.42. The minimum Gasteiger partial charge on any atom is -0.474 e. The first kappa shape index (κ1) is 16.7. The molecule has 0 amide bonds. The molecule has 2 aliphatic rings. The lowest BCUT2D eigenvalue weighted by atomic mass is 9.91. The highest BCUT2D eigenvalue weighted by Gasteiger charge is 2.28. The lowest BCUT2D eigenvalue weighted by molar-refractivity contribution is -0.00126. The van der Waals surface area contributed by atoms with Crippen LogP contribution in [-0.4, -0.2) is 58.4 Å². The molecule has 1 N–H and O–H groups in total. The minimum absolute atomic E-state index is 0.00886. The van der Waals surface area contributed by atoms with Crippen LogP contribution in [0.4, 0.5) is 0 Å². The molecule has 25 heavy (non-hydrogen) atoms. The van der Waals surface area contributed by atoms with Crippen molar-refractivity contribution in [2.75, 3.05) is 26.3 Å². The van der Waals surface area contributed by atoms with Crippen molar-refractivity contribution in [3.8, 4) is 5.88 Å². The summed E-state index contributed by atoms with van der Waals surface area (Å²) in [7, 11) is 0. The highest BCUT2D eigenvalue weighted by atomic mass is 16.5. The zero-order chi connectivity index (χ0) is 17.1. The summed E-state index contributed by atoms with van der Waals surface area (Å²) in [6, 6.07) is 6.37. The molecule has 6 nitrogen and oxygen atoms in total. The molecule has 1 aromatic heterocycles. The molecule has 134 valence electrons. The Hall–Kier alpha value is -1.76. The predicted molar refractivity (Wildman–Crippen MR) is 94.5 cm³/mol. The van der Waals surface area contributed by atoms with Crippen LogP contribution in [0.3, 0.4) is 0 Å². The van der Waals surface area contributed by atoms with Crippen LogP contribution < -0.4 is 4.74 Å². The first-order chi connectivity index (χ1) is 12.3. The number of aromatic nitrogens is 2. The molecule has 1 saturated carbocycles. The fourth-order valence-electron chi connectivity index (χ4n) is 3.90. The van der Waals surface area contributed by atoms with E-state index in [1.165, 1.54) is 0 Å². The number of aliphatic hydroxyl groups excluding tert-OH is 1. The maximum atomic E-state index is 9.37. The van der Waals surface area contributed by atoms with E-state index in [1.54, 1.807) is 6.33 Å². The van der Waals surface area contributed by atoms with E-state index in [2.05, 4.69) is 14.9 Å². The number of fused-ring (bicyclic) bond motifs is 1. The summed E-state index contributed by atoms with van der Waals surface area (Å²) in [4.78, 5) is 11.2. The molecular formula is C19H25N3O3. The zero-order valence-corrected chi connectivity index (χ0v) is 14.4. The number of ether oxygens (including phenoxy) is 2. The molecule has 2 fully saturated rings. The molecule has 1 aromatic carbocycles. The van der Waals surface area contributed by atoms with Crippen molar-refractivity contribution in [2.45, 2.75) is 44.4 Å². The Morgan fingerprint density at radius 3 is 2.68 bits per heavy atom. The maximum absolute atomic E-state index is 9.37. The Bertz CT molecular complexity index is 710. The van der Waals surface area contributed by atoms with Gasteiger partial charge in [0.25, 0.3) is 0 Å². The molecule has 6 heteroatoms. The average Bonchev–Trinajstić information content (AvgIpc) is 2.69. The van der Waals surface area contributed by atoms with Gasteiger partial charge in [-0.05, 0) is 43.4 Å². The minimum atomic E-state index is 0.00886. The van der Waals surface area contributed by atoms with Crippen LogP contribution in [-0.2, 0) is 11.3 Å². The van der Waals surface area contributed by atoms with Gasteiger partial charge in [-0.25, -0.2) is 9.97 Å². The second-order valence-corrected chi connectivity index (χ2v) is 6.89. The molecule has 0 radical (unpaired) electrons. The highest BCUT2D eigenvalue weighted by Crippen LogP contribution is 2.29. The van der Waals surface area contributed by atoms with Crippen LogP contribution in [0.1, 0.15) is 31.2 Å². The van der Waals surface area contributed by atoms with Crippen LogP contribution in [0.2, 0.25) is 0 Å². The maximum Gasteiger partial charge on any atom is 0.224 e. The molecule has 0 bridgehead atoms. The van der Waals surface area contributed by atoms with Crippen LogP contribution >= 0.6 is 0 Å². The van der Waals surface area contributed by atoms with Crippen molar-refractivity contribution in [3.05, 3.63) is 30.1 Å². The van der Waals surface area contributed by atoms with Crippen molar-refractivity contribution < 1.29 is 14.6 Å². The van der Waals surface area contributed by atoms with Crippen molar-refractivity contribution in [1.82, 2.24) is 14.9 Å². The third-order valence-electron chi connectivity index (χ3n) is 5.33. The lowest BCUT2D eigenvalue weighted by Crippen LogP contribution is -2.46. The number of hydrogen-bond donors (Lipinski definition) is 1. The van der Waals surface area contributed by atoms with Gasteiger partial charge in [-0.2, -0.15) is 0 Å². The predicted octanol–water partition coefficient (Wildman–Crippen LogP) is 2.14. The van der Waals surface area contributed by atoms with Crippen LogP contribution in [0.5, 0.6) is 5.88 Å². The standard InChI is InChI=1S/C19H25N3O3/c23-12-14-1-6-18-17(11-14)19(21-13-20-18)25-16-4-2-15(3-5-16)22-7-9-24-10-8-22/h1,6,11,13,15-16,23H,2-5,7-10,12H2/t15-,16-. The van der Waals surface area contributed by atoms with Gasteiger partial charge in [0, 0.05) is 19.1 Å². The normalized spacial score (nSPS) is 25.2. The molecule has 2 heterocycles. The Labute approximate surface area is 147 Å². The van der Waals surface area contributed by atoms with Crippen molar-refractivity contribution in [1.29, 1.82) is 0 Å². The van der Waals surface area contributed by atoms with Gasteiger partial charge in [-0.15, -0.1) is 0 Å². The molecule has 1 aliphatic heterocycles. The molecule has 0 atom stereocenters. The smallest absolute Gasteiger partial charge is 0.224 e. The average molecular weight is 343 g/mol. The Morgan fingerprint density at radius 1 is 1.12 bits per heavy atom. The van der Waals surface area contributed by atoms with Gasteiger partial charge < -0.3 is 14.6 Å². The number of benzene rings is 1. The van der Waals surface area contributed by atoms with Gasteiger partial charge in [-0.3, -0.25) is 4.90 Å². The van der Waals surface area contributed by atoms with Gasteiger partial charge >= 0.3 is 0 Å². The number of morpholine rings is 1. The molecule has 1 saturated heterocycles. The molecule has 4 rings (SSSR count). The van der Waals surface area contributed by atoms with Crippen molar-refractivity contribution in [2.24, 2.45) is 0 Å². The van der Waals surface area contributed by atoms with Gasteiger partial charge in [-0.1, -0.05) is 6.07 Å². The van der Waals surface area contributed by atoms with Gasteiger partial charge in [0.05, 0.1) is 30.7 Å². The van der Waals surface area contributed by atoms with Gasteiger partial charge in [0.2, 0.25) is 5.88 Å². The third-order valence-corrected chi connectivity index (χ3v) is 5.33. The van der Waals surface area contributed by atoms with E-state index >= 15 is 0 Å². The van der Waals surface area contributed by atoms with E-state index in [0.29, 0.717) is 11.9 Å². The molecule has 2 aromatic rings. The molecular weight excluding hydrogens is 318 g/mol. The summed E-state index contributed by atoms with van der Waals surface area (Å²) in [5.74, 6) is 0.634. The van der Waals surface area contributed by atoms with Gasteiger partial charge in [0.15, 0.2) is 0 Å². The second kappa shape index (κ2) is 7.64. The summed E-state index contributed by atoms with van der Waals surface area (Å²) in [5.41, 5.74) is 1.70. The van der Waals surface area contributed by atoms with Crippen molar-refractivity contribution >= 4 is 10.9 Å². The monoisotopic (exact) mass is 343 g/mol. The topological polar surface area (TPSA) is 67.7 Å². The van der Waals surface area contributed by atoms with E-state index in [9.17, 15) is 5.11 Å². The fourth-order valence-corrected chi connectivity index (χ4v) is 3.90. The first-order valence-electron chi connectivity index (χ1n) is 9.16. The Morgan fingerprint density at radius 2 is 1.92 bits per heavy atom. The van der Waals surface area contributed by atoms with E-state index in [0.717, 1.165) is 68.5 Å². The van der Waals surface area contributed by atoms with Crippen LogP contribution in [0.25, 0.3) is 10.9 Å².